The van der Waals surface area contributed by atoms with Gasteiger partial charge in [-0.1, -0.05) is 11.6 Å². The van der Waals surface area contributed by atoms with Crippen LogP contribution in [0, 0.1) is 12.8 Å². The summed E-state index contributed by atoms with van der Waals surface area (Å²) in [4.78, 5) is 4.35. The number of halogens is 1. The molecule has 7 heteroatoms. The van der Waals surface area contributed by atoms with Gasteiger partial charge in [-0.15, -0.1) is 34.2 Å². The highest BCUT2D eigenvalue weighted by Crippen LogP contribution is 2.20. The largest absolute Gasteiger partial charge is 0.356 e. The topological polar surface area (TPSA) is 67.1 Å². The monoisotopic (exact) mass is 458 g/mol. The van der Waals surface area contributed by atoms with E-state index in [9.17, 15) is 0 Å². The molecule has 1 atom stereocenters. The van der Waals surface area contributed by atoms with Gasteiger partial charge in [0.2, 0.25) is 0 Å². The maximum absolute atomic E-state index is 4.35. The number of hydrogen-bond donors (Lipinski definition) is 2. The van der Waals surface area contributed by atoms with Crippen LogP contribution in [0.25, 0.3) is 0 Å². The molecule has 1 aliphatic carbocycles. The third-order valence-corrected chi connectivity index (χ3v) is 5.13. The van der Waals surface area contributed by atoms with E-state index in [2.05, 4.69) is 36.5 Å². The van der Waals surface area contributed by atoms with Crippen molar-refractivity contribution in [2.75, 3.05) is 20.1 Å². The third-order valence-electron chi connectivity index (χ3n) is 5.13. The third kappa shape index (κ3) is 5.69. The van der Waals surface area contributed by atoms with Crippen LogP contribution in [0.5, 0.6) is 0 Å². The Balaban J connectivity index is 0.00000225. The van der Waals surface area contributed by atoms with Crippen molar-refractivity contribution in [1.82, 2.24) is 25.4 Å². The van der Waals surface area contributed by atoms with E-state index in [1.165, 1.54) is 25.7 Å². The first-order chi connectivity index (χ1) is 11.8. The van der Waals surface area contributed by atoms with E-state index < -0.39 is 0 Å². The number of hydrogen-bond acceptors (Lipinski definition) is 3. The molecule has 0 saturated heterocycles. The molecule has 6 nitrogen and oxygen atoms in total. The van der Waals surface area contributed by atoms with Crippen LogP contribution in [-0.4, -0.2) is 40.9 Å². The van der Waals surface area contributed by atoms with Crippen LogP contribution < -0.4 is 10.6 Å². The summed E-state index contributed by atoms with van der Waals surface area (Å²) in [5.74, 6) is 3.68. The molecule has 0 saturated carbocycles. The Hall–Kier alpha value is -1.12. The first kappa shape index (κ1) is 20.2. The molecule has 1 unspecified atom stereocenters. The van der Waals surface area contributed by atoms with Crippen molar-refractivity contribution in [3.63, 3.8) is 0 Å². The number of nitrogens with zero attached hydrogens (tertiary/aromatic N) is 4. The minimum Gasteiger partial charge on any atom is -0.356 e. The average Bonchev–Trinajstić information content (AvgIpc) is 2.99. The van der Waals surface area contributed by atoms with Gasteiger partial charge in [0.1, 0.15) is 11.6 Å². The fourth-order valence-corrected chi connectivity index (χ4v) is 3.63. The summed E-state index contributed by atoms with van der Waals surface area (Å²) < 4.78 is 2.25. The lowest BCUT2D eigenvalue weighted by Crippen LogP contribution is -2.41. The fourth-order valence-electron chi connectivity index (χ4n) is 3.63. The van der Waals surface area contributed by atoms with Gasteiger partial charge in [0.05, 0.1) is 0 Å². The van der Waals surface area contributed by atoms with E-state index in [4.69, 9.17) is 0 Å². The zero-order chi connectivity index (χ0) is 16.8. The maximum atomic E-state index is 4.35. The van der Waals surface area contributed by atoms with E-state index in [0.717, 1.165) is 56.5 Å². The Morgan fingerprint density at radius 3 is 2.92 bits per heavy atom. The van der Waals surface area contributed by atoms with Crippen molar-refractivity contribution >= 4 is 29.9 Å². The molecule has 1 aromatic rings. The minimum absolute atomic E-state index is 0. The lowest BCUT2D eigenvalue weighted by molar-refractivity contribution is 0.358. The zero-order valence-electron chi connectivity index (χ0n) is 15.4. The Kier molecular flexibility index (Phi) is 8.18. The number of allylic oxidation sites excluding steroid dienone is 1. The average molecular weight is 458 g/mol. The summed E-state index contributed by atoms with van der Waals surface area (Å²) in [6.07, 6.45) is 11.0. The molecule has 0 aromatic carbocycles. The summed E-state index contributed by atoms with van der Waals surface area (Å²) in [5.41, 5.74) is 1.60. The zero-order valence-corrected chi connectivity index (χ0v) is 17.8. The SMILES string of the molecule is CN=C(NCCC1=CCCCC1)NCC1CCc2nnc(C)n2C1.I. The van der Waals surface area contributed by atoms with Crippen molar-refractivity contribution < 1.29 is 0 Å². The van der Waals surface area contributed by atoms with Gasteiger partial charge in [-0.05, 0) is 51.4 Å². The predicted molar refractivity (Wildman–Crippen MR) is 113 cm³/mol. The van der Waals surface area contributed by atoms with Crippen LogP contribution in [0.1, 0.15) is 50.2 Å². The molecular weight excluding hydrogens is 427 g/mol. The number of guanidine groups is 1. The number of rotatable bonds is 5. The molecule has 25 heavy (non-hydrogen) atoms. The standard InChI is InChI=1S/C18H30N6.HI/c1-14-22-23-17-9-8-16(13-24(14)17)12-21-18(19-2)20-11-10-15-6-4-3-5-7-15;/h6,16H,3-5,7-13H2,1-2H3,(H2,19,20,21);1H. The van der Waals surface area contributed by atoms with Gasteiger partial charge >= 0.3 is 0 Å². The fraction of sp³-hybridized carbons (Fsp3) is 0.722. The van der Waals surface area contributed by atoms with E-state index in [1.807, 2.05) is 14.0 Å². The highest BCUT2D eigenvalue weighted by atomic mass is 127. The number of nitrogens with one attached hydrogen (secondary N) is 2. The van der Waals surface area contributed by atoms with Crippen molar-refractivity contribution in [3.8, 4) is 0 Å². The molecule has 0 bridgehead atoms. The van der Waals surface area contributed by atoms with Crippen molar-refractivity contribution in [1.29, 1.82) is 0 Å². The van der Waals surface area contributed by atoms with Crippen molar-refractivity contribution in [2.45, 2.75) is 58.4 Å². The Bertz CT molecular complexity index is 607. The van der Waals surface area contributed by atoms with Crippen molar-refractivity contribution in [3.05, 3.63) is 23.3 Å². The molecule has 2 N–H and O–H groups in total. The van der Waals surface area contributed by atoms with Gasteiger partial charge in [0, 0.05) is 33.1 Å². The Morgan fingerprint density at radius 1 is 1.28 bits per heavy atom. The summed E-state index contributed by atoms with van der Waals surface area (Å²) in [5, 5.41) is 15.4. The van der Waals surface area contributed by atoms with Gasteiger partial charge in [-0.2, -0.15) is 0 Å². The lowest BCUT2D eigenvalue weighted by atomic mass is 9.97. The summed E-state index contributed by atoms with van der Waals surface area (Å²) in [7, 11) is 1.85. The highest BCUT2D eigenvalue weighted by molar-refractivity contribution is 14.0. The van der Waals surface area contributed by atoms with Gasteiger partial charge in [-0.3, -0.25) is 4.99 Å². The second-order valence-corrected chi connectivity index (χ2v) is 6.92. The molecular formula is C18H31IN6. The molecule has 0 spiro atoms. The molecule has 2 aliphatic rings. The quantitative estimate of drug-likeness (QED) is 0.308. The maximum Gasteiger partial charge on any atom is 0.190 e. The van der Waals surface area contributed by atoms with Gasteiger partial charge in [-0.25, -0.2) is 0 Å². The lowest BCUT2D eigenvalue weighted by Gasteiger charge is -2.25. The van der Waals surface area contributed by atoms with Crippen LogP contribution in [0.3, 0.4) is 0 Å². The molecule has 3 rings (SSSR count). The normalized spacial score (nSPS) is 20.3. The van der Waals surface area contributed by atoms with Crippen molar-refractivity contribution in [2.24, 2.45) is 10.9 Å². The second kappa shape index (κ2) is 10.1. The Morgan fingerprint density at radius 2 is 2.16 bits per heavy atom. The van der Waals surface area contributed by atoms with Crippen LogP contribution in [0.2, 0.25) is 0 Å². The summed E-state index contributed by atoms with van der Waals surface area (Å²) in [6.45, 7) is 4.95. The smallest absolute Gasteiger partial charge is 0.190 e. The van der Waals surface area contributed by atoms with E-state index in [0.29, 0.717) is 5.92 Å². The summed E-state index contributed by atoms with van der Waals surface area (Å²) >= 11 is 0. The van der Waals surface area contributed by atoms with Crippen LogP contribution in [0.15, 0.2) is 16.6 Å². The number of aliphatic imine (C=N–C) groups is 1. The molecule has 2 heterocycles. The first-order valence-electron chi connectivity index (χ1n) is 9.27. The molecule has 140 valence electrons. The Labute approximate surface area is 168 Å². The van der Waals surface area contributed by atoms with Crippen LogP contribution in [0.4, 0.5) is 0 Å². The minimum atomic E-state index is 0. The molecule has 1 aliphatic heterocycles. The second-order valence-electron chi connectivity index (χ2n) is 6.92. The van der Waals surface area contributed by atoms with E-state index >= 15 is 0 Å². The molecule has 0 amide bonds. The van der Waals surface area contributed by atoms with Crippen LogP contribution in [-0.2, 0) is 13.0 Å². The van der Waals surface area contributed by atoms with Gasteiger partial charge in [0.15, 0.2) is 5.96 Å². The van der Waals surface area contributed by atoms with E-state index in [-0.39, 0.29) is 24.0 Å². The predicted octanol–water partition coefficient (Wildman–Crippen LogP) is 2.82. The first-order valence-corrected chi connectivity index (χ1v) is 9.27. The molecule has 1 aromatic heterocycles. The van der Waals surface area contributed by atoms with E-state index in [1.54, 1.807) is 5.57 Å². The number of aromatic nitrogens is 3. The molecule has 0 radical (unpaired) electrons. The van der Waals surface area contributed by atoms with Gasteiger partial charge in [0.25, 0.3) is 0 Å². The van der Waals surface area contributed by atoms with Gasteiger partial charge < -0.3 is 15.2 Å². The van der Waals surface area contributed by atoms with Crippen LogP contribution >= 0.6 is 24.0 Å². The highest BCUT2D eigenvalue weighted by Gasteiger charge is 2.21. The molecule has 0 fully saturated rings. The number of aryl methyl sites for hydroxylation is 2. The number of fused-ring (bicyclic) bond motifs is 1. The summed E-state index contributed by atoms with van der Waals surface area (Å²) in [6, 6.07) is 0.